The molecule has 5 heteroatoms. The fourth-order valence-corrected chi connectivity index (χ4v) is 2.46. The van der Waals surface area contributed by atoms with E-state index in [1.807, 2.05) is 44.3 Å². The van der Waals surface area contributed by atoms with E-state index in [0.29, 0.717) is 0 Å². The SMILES string of the molecule is Cc1cn2nc(-c3cc4c(cc3C)OCO4)ccc2n1. The van der Waals surface area contributed by atoms with E-state index >= 15 is 0 Å². The summed E-state index contributed by atoms with van der Waals surface area (Å²) in [7, 11) is 0. The maximum Gasteiger partial charge on any atom is 0.231 e. The Bertz CT molecular complexity index is 823. The standard InChI is InChI=1S/C15H13N3O2/c1-9-5-13-14(20-8-19-13)6-11(9)12-3-4-15-16-10(2)7-18(15)17-12/h3-7H,8H2,1-2H3. The number of imidazole rings is 1. The predicted octanol–water partition coefficient (Wildman–Crippen LogP) is 2.74. The quantitative estimate of drug-likeness (QED) is 0.680. The van der Waals surface area contributed by atoms with Crippen LogP contribution >= 0.6 is 0 Å². The van der Waals surface area contributed by atoms with Crippen molar-refractivity contribution in [3.8, 4) is 22.8 Å². The van der Waals surface area contributed by atoms with Crippen molar-refractivity contribution >= 4 is 5.65 Å². The third-order valence-electron chi connectivity index (χ3n) is 3.44. The first kappa shape index (κ1) is 11.3. The van der Waals surface area contributed by atoms with Gasteiger partial charge in [0.15, 0.2) is 17.1 Å². The molecule has 0 saturated heterocycles. The van der Waals surface area contributed by atoms with Gasteiger partial charge in [-0.15, -0.1) is 0 Å². The summed E-state index contributed by atoms with van der Waals surface area (Å²) in [6.45, 7) is 4.29. The van der Waals surface area contributed by atoms with Gasteiger partial charge in [-0.05, 0) is 43.7 Å². The molecule has 1 aliphatic heterocycles. The lowest BCUT2D eigenvalue weighted by atomic mass is 10.0. The van der Waals surface area contributed by atoms with E-state index in [4.69, 9.17) is 9.47 Å². The Morgan fingerprint density at radius 1 is 1.10 bits per heavy atom. The Kier molecular flexibility index (Phi) is 2.24. The minimum atomic E-state index is 0.283. The normalized spacial score (nSPS) is 13.1. The van der Waals surface area contributed by atoms with Crippen molar-refractivity contribution in [3.05, 3.63) is 41.7 Å². The van der Waals surface area contributed by atoms with Crippen molar-refractivity contribution in [2.45, 2.75) is 13.8 Å². The highest BCUT2D eigenvalue weighted by Gasteiger charge is 2.17. The van der Waals surface area contributed by atoms with Crippen molar-refractivity contribution in [1.29, 1.82) is 0 Å². The Labute approximate surface area is 115 Å². The number of fused-ring (bicyclic) bond motifs is 2. The molecule has 0 fully saturated rings. The van der Waals surface area contributed by atoms with E-state index in [-0.39, 0.29) is 6.79 Å². The van der Waals surface area contributed by atoms with Gasteiger partial charge in [0.2, 0.25) is 6.79 Å². The maximum absolute atomic E-state index is 5.44. The molecule has 0 bridgehead atoms. The van der Waals surface area contributed by atoms with Gasteiger partial charge >= 0.3 is 0 Å². The second-order valence-electron chi connectivity index (χ2n) is 4.92. The second kappa shape index (κ2) is 3.96. The first-order valence-electron chi connectivity index (χ1n) is 6.44. The molecule has 1 aromatic carbocycles. The fraction of sp³-hybridized carbons (Fsp3) is 0.200. The molecule has 0 atom stereocenters. The smallest absolute Gasteiger partial charge is 0.231 e. The molecule has 2 aromatic heterocycles. The Morgan fingerprint density at radius 3 is 2.75 bits per heavy atom. The molecule has 3 aromatic rings. The summed E-state index contributed by atoms with van der Waals surface area (Å²) in [4.78, 5) is 4.38. The number of hydrogen-bond acceptors (Lipinski definition) is 4. The molecule has 5 nitrogen and oxygen atoms in total. The topological polar surface area (TPSA) is 48.7 Å². The number of aromatic nitrogens is 3. The predicted molar refractivity (Wildman–Crippen MR) is 74.0 cm³/mol. The van der Waals surface area contributed by atoms with Crippen LogP contribution in [-0.2, 0) is 0 Å². The Balaban J connectivity index is 1.90. The zero-order valence-corrected chi connectivity index (χ0v) is 11.3. The highest BCUT2D eigenvalue weighted by Crippen LogP contribution is 2.37. The van der Waals surface area contributed by atoms with Crippen molar-refractivity contribution in [1.82, 2.24) is 14.6 Å². The molecule has 100 valence electrons. The molecule has 0 saturated carbocycles. The summed E-state index contributed by atoms with van der Waals surface area (Å²) >= 11 is 0. The molecule has 0 amide bonds. The van der Waals surface area contributed by atoms with E-state index in [1.165, 1.54) is 0 Å². The lowest BCUT2D eigenvalue weighted by Gasteiger charge is -2.07. The van der Waals surface area contributed by atoms with Crippen LogP contribution in [-0.4, -0.2) is 21.4 Å². The third-order valence-corrected chi connectivity index (χ3v) is 3.44. The maximum atomic E-state index is 5.44. The van der Waals surface area contributed by atoms with Gasteiger partial charge < -0.3 is 9.47 Å². The summed E-state index contributed by atoms with van der Waals surface area (Å²) < 4.78 is 12.6. The van der Waals surface area contributed by atoms with Crippen molar-refractivity contribution in [2.24, 2.45) is 0 Å². The minimum Gasteiger partial charge on any atom is -0.454 e. The molecule has 3 heterocycles. The molecular weight excluding hydrogens is 254 g/mol. The molecule has 0 unspecified atom stereocenters. The highest BCUT2D eigenvalue weighted by molar-refractivity contribution is 5.69. The van der Waals surface area contributed by atoms with Crippen LogP contribution in [0.5, 0.6) is 11.5 Å². The first-order chi connectivity index (χ1) is 9.70. The molecule has 0 spiro atoms. The van der Waals surface area contributed by atoms with E-state index in [0.717, 1.165) is 39.7 Å². The minimum absolute atomic E-state index is 0.283. The largest absolute Gasteiger partial charge is 0.454 e. The third kappa shape index (κ3) is 1.63. The van der Waals surface area contributed by atoms with Gasteiger partial charge in [-0.2, -0.15) is 5.10 Å². The Hall–Kier alpha value is -2.56. The zero-order valence-electron chi connectivity index (χ0n) is 11.3. The van der Waals surface area contributed by atoms with Crippen LogP contribution in [0.1, 0.15) is 11.3 Å². The van der Waals surface area contributed by atoms with Crippen LogP contribution in [0.3, 0.4) is 0 Å². The van der Waals surface area contributed by atoms with Gasteiger partial charge in [0, 0.05) is 5.56 Å². The lowest BCUT2D eigenvalue weighted by Crippen LogP contribution is -1.94. The summed E-state index contributed by atoms with van der Waals surface area (Å²) in [5, 5.41) is 4.61. The number of aryl methyl sites for hydroxylation is 2. The molecule has 20 heavy (non-hydrogen) atoms. The van der Waals surface area contributed by atoms with Crippen LogP contribution in [0.25, 0.3) is 16.9 Å². The summed E-state index contributed by atoms with van der Waals surface area (Å²) in [5.74, 6) is 1.57. The Morgan fingerprint density at radius 2 is 1.90 bits per heavy atom. The van der Waals surface area contributed by atoms with Gasteiger partial charge in [-0.1, -0.05) is 0 Å². The average Bonchev–Trinajstić information content (AvgIpc) is 3.01. The highest BCUT2D eigenvalue weighted by atomic mass is 16.7. The van der Waals surface area contributed by atoms with Crippen molar-refractivity contribution in [2.75, 3.05) is 6.79 Å². The number of ether oxygens (including phenoxy) is 2. The molecular formula is C15H13N3O2. The molecule has 4 rings (SSSR count). The zero-order chi connectivity index (χ0) is 13.7. The van der Waals surface area contributed by atoms with E-state index in [2.05, 4.69) is 10.1 Å². The monoisotopic (exact) mass is 267 g/mol. The molecule has 0 N–H and O–H groups in total. The van der Waals surface area contributed by atoms with Crippen LogP contribution in [0.2, 0.25) is 0 Å². The van der Waals surface area contributed by atoms with Crippen molar-refractivity contribution in [3.63, 3.8) is 0 Å². The van der Waals surface area contributed by atoms with Crippen LogP contribution < -0.4 is 9.47 Å². The van der Waals surface area contributed by atoms with Gasteiger partial charge in [0.1, 0.15) is 0 Å². The fourth-order valence-electron chi connectivity index (χ4n) is 2.46. The van der Waals surface area contributed by atoms with Gasteiger partial charge in [-0.3, -0.25) is 0 Å². The van der Waals surface area contributed by atoms with E-state index < -0.39 is 0 Å². The van der Waals surface area contributed by atoms with Crippen LogP contribution in [0.4, 0.5) is 0 Å². The average molecular weight is 267 g/mol. The van der Waals surface area contributed by atoms with E-state index in [9.17, 15) is 0 Å². The molecule has 0 aliphatic carbocycles. The number of nitrogens with zero attached hydrogens (tertiary/aromatic N) is 3. The van der Waals surface area contributed by atoms with Crippen molar-refractivity contribution < 1.29 is 9.47 Å². The summed E-state index contributed by atoms with van der Waals surface area (Å²) in [5.41, 5.74) is 4.85. The van der Waals surface area contributed by atoms with Gasteiger partial charge in [0.25, 0.3) is 0 Å². The number of hydrogen-bond donors (Lipinski definition) is 0. The van der Waals surface area contributed by atoms with Gasteiger partial charge in [0.05, 0.1) is 17.6 Å². The summed E-state index contributed by atoms with van der Waals surface area (Å²) in [6.07, 6.45) is 1.92. The second-order valence-corrected chi connectivity index (χ2v) is 4.92. The van der Waals surface area contributed by atoms with Crippen LogP contribution in [0, 0.1) is 13.8 Å². The molecule has 1 aliphatic rings. The summed E-state index contributed by atoms with van der Waals surface area (Å²) in [6, 6.07) is 7.92. The number of rotatable bonds is 1. The first-order valence-corrected chi connectivity index (χ1v) is 6.44. The van der Waals surface area contributed by atoms with E-state index in [1.54, 1.807) is 4.52 Å². The van der Waals surface area contributed by atoms with Gasteiger partial charge in [-0.25, -0.2) is 9.50 Å². The van der Waals surface area contributed by atoms with Crippen LogP contribution in [0.15, 0.2) is 30.5 Å². The molecule has 0 radical (unpaired) electrons. The lowest BCUT2D eigenvalue weighted by molar-refractivity contribution is 0.174. The number of benzene rings is 1.